The van der Waals surface area contributed by atoms with Crippen molar-refractivity contribution in [2.75, 3.05) is 13.6 Å². The van der Waals surface area contributed by atoms with Crippen LogP contribution in [-0.4, -0.2) is 36.6 Å². The Morgan fingerprint density at radius 3 is 2.50 bits per heavy atom. The molecule has 2 aliphatic rings. The van der Waals surface area contributed by atoms with Gasteiger partial charge in [0.1, 0.15) is 0 Å². The van der Waals surface area contributed by atoms with E-state index in [4.69, 9.17) is 0 Å². The molecule has 2 unspecified atom stereocenters. The highest BCUT2D eigenvalue weighted by Crippen LogP contribution is 2.36. The van der Waals surface area contributed by atoms with Gasteiger partial charge in [-0.3, -0.25) is 4.90 Å². The van der Waals surface area contributed by atoms with Gasteiger partial charge in [0, 0.05) is 18.1 Å². The van der Waals surface area contributed by atoms with Gasteiger partial charge in [-0.05, 0) is 59.0 Å². The number of hydrogen-bond donors (Lipinski definition) is 1. The van der Waals surface area contributed by atoms with E-state index >= 15 is 0 Å². The quantitative estimate of drug-likeness (QED) is 0.793. The van der Waals surface area contributed by atoms with Gasteiger partial charge in [0.15, 0.2) is 0 Å². The molecule has 1 heterocycles. The number of piperidine rings is 1. The first-order valence-corrected chi connectivity index (χ1v) is 7.17. The highest BCUT2D eigenvalue weighted by molar-refractivity contribution is 4.91. The summed E-state index contributed by atoms with van der Waals surface area (Å²) < 4.78 is 0. The van der Waals surface area contributed by atoms with Crippen LogP contribution in [-0.2, 0) is 0 Å². The topological polar surface area (TPSA) is 15.3 Å². The number of likely N-dealkylation sites (N-methyl/N-ethyl adjacent to an activating group) is 1. The lowest BCUT2D eigenvalue weighted by Crippen LogP contribution is -2.55. The minimum absolute atomic E-state index is 0.612. The van der Waals surface area contributed by atoms with Crippen molar-refractivity contribution >= 4 is 0 Å². The molecule has 1 aliphatic heterocycles. The van der Waals surface area contributed by atoms with Crippen molar-refractivity contribution in [2.45, 2.75) is 70.5 Å². The Bertz CT molecular complexity index is 215. The molecular weight excluding hydrogens is 196 g/mol. The fraction of sp³-hybridized carbons (Fsp3) is 1.00. The second-order valence-electron chi connectivity index (χ2n) is 5.81. The summed E-state index contributed by atoms with van der Waals surface area (Å²) in [5.41, 5.74) is 0. The molecule has 1 N–H and O–H groups in total. The lowest BCUT2D eigenvalue weighted by atomic mass is 9.77. The SMILES string of the molecule is CNC(C)C(C)N1CCC[C@H]2CCCC[C@H]21. The van der Waals surface area contributed by atoms with Gasteiger partial charge in [-0.15, -0.1) is 0 Å². The van der Waals surface area contributed by atoms with Crippen LogP contribution in [0.5, 0.6) is 0 Å². The summed E-state index contributed by atoms with van der Waals surface area (Å²) >= 11 is 0. The predicted octanol–water partition coefficient (Wildman–Crippen LogP) is 2.64. The third-order valence-corrected chi connectivity index (χ3v) is 4.99. The van der Waals surface area contributed by atoms with Crippen molar-refractivity contribution in [3.63, 3.8) is 0 Å². The van der Waals surface area contributed by atoms with E-state index in [0.717, 1.165) is 12.0 Å². The molecule has 0 aromatic carbocycles. The Labute approximate surface area is 101 Å². The smallest absolute Gasteiger partial charge is 0.0221 e. The molecule has 0 amide bonds. The number of hydrogen-bond acceptors (Lipinski definition) is 2. The molecule has 2 heteroatoms. The molecule has 0 aromatic heterocycles. The summed E-state index contributed by atoms with van der Waals surface area (Å²) in [5.74, 6) is 1.01. The van der Waals surface area contributed by atoms with E-state index < -0.39 is 0 Å². The largest absolute Gasteiger partial charge is 0.316 e. The van der Waals surface area contributed by atoms with E-state index in [0.29, 0.717) is 12.1 Å². The van der Waals surface area contributed by atoms with Crippen molar-refractivity contribution < 1.29 is 0 Å². The summed E-state index contributed by atoms with van der Waals surface area (Å²) in [7, 11) is 2.09. The standard InChI is InChI=1S/C14H28N2/c1-11(15-3)12(2)16-10-6-8-13-7-4-5-9-14(13)16/h11-15H,4-10H2,1-3H3/t11?,12?,13-,14-/m1/s1. The molecule has 0 aromatic rings. The van der Waals surface area contributed by atoms with Gasteiger partial charge in [-0.2, -0.15) is 0 Å². The molecule has 94 valence electrons. The van der Waals surface area contributed by atoms with Crippen LogP contribution in [0.3, 0.4) is 0 Å². The van der Waals surface area contributed by atoms with Crippen molar-refractivity contribution in [3.05, 3.63) is 0 Å². The minimum atomic E-state index is 0.612. The van der Waals surface area contributed by atoms with Crippen LogP contribution < -0.4 is 5.32 Å². The maximum atomic E-state index is 3.42. The second-order valence-corrected chi connectivity index (χ2v) is 5.81. The molecule has 2 fully saturated rings. The van der Waals surface area contributed by atoms with Crippen LogP contribution >= 0.6 is 0 Å². The number of nitrogens with one attached hydrogen (secondary N) is 1. The average molecular weight is 224 g/mol. The summed E-state index contributed by atoms with van der Waals surface area (Å²) in [5, 5.41) is 3.42. The molecule has 4 atom stereocenters. The van der Waals surface area contributed by atoms with Crippen LogP contribution in [0.1, 0.15) is 52.4 Å². The molecule has 2 nitrogen and oxygen atoms in total. The monoisotopic (exact) mass is 224 g/mol. The van der Waals surface area contributed by atoms with Gasteiger partial charge in [-0.25, -0.2) is 0 Å². The van der Waals surface area contributed by atoms with E-state index in [-0.39, 0.29) is 0 Å². The molecule has 1 saturated heterocycles. The Kier molecular flexibility index (Phi) is 4.26. The Morgan fingerprint density at radius 2 is 1.75 bits per heavy atom. The normalized spacial score (nSPS) is 35.4. The maximum absolute atomic E-state index is 3.42. The number of nitrogens with zero attached hydrogens (tertiary/aromatic N) is 1. The Hall–Kier alpha value is -0.0800. The first-order valence-electron chi connectivity index (χ1n) is 7.17. The summed E-state index contributed by atoms with van der Waals surface area (Å²) in [6.07, 6.45) is 8.78. The molecule has 1 aliphatic carbocycles. The highest BCUT2D eigenvalue weighted by atomic mass is 15.2. The van der Waals surface area contributed by atoms with Gasteiger partial charge < -0.3 is 5.32 Å². The highest BCUT2D eigenvalue weighted by Gasteiger charge is 2.36. The van der Waals surface area contributed by atoms with Crippen LogP contribution in [0.4, 0.5) is 0 Å². The predicted molar refractivity (Wildman–Crippen MR) is 69.7 cm³/mol. The second kappa shape index (κ2) is 5.50. The molecule has 2 rings (SSSR count). The fourth-order valence-electron chi connectivity index (χ4n) is 3.70. The van der Waals surface area contributed by atoms with Crippen LogP contribution in [0, 0.1) is 5.92 Å². The zero-order chi connectivity index (χ0) is 11.5. The molecular formula is C14H28N2. The molecule has 0 radical (unpaired) electrons. The van der Waals surface area contributed by atoms with E-state index in [1.165, 1.54) is 45.1 Å². The maximum Gasteiger partial charge on any atom is 0.0221 e. The van der Waals surface area contributed by atoms with Gasteiger partial charge in [-0.1, -0.05) is 12.8 Å². The van der Waals surface area contributed by atoms with E-state index in [1.54, 1.807) is 0 Å². The van der Waals surface area contributed by atoms with Gasteiger partial charge in [0.2, 0.25) is 0 Å². The average Bonchev–Trinajstić information content (AvgIpc) is 2.36. The lowest BCUT2D eigenvalue weighted by Gasteiger charge is -2.48. The summed E-state index contributed by atoms with van der Waals surface area (Å²) in [6.45, 7) is 6.05. The fourth-order valence-corrected chi connectivity index (χ4v) is 3.70. The van der Waals surface area contributed by atoms with Gasteiger partial charge in [0.25, 0.3) is 0 Å². The van der Waals surface area contributed by atoms with Gasteiger partial charge >= 0.3 is 0 Å². The molecule has 1 saturated carbocycles. The van der Waals surface area contributed by atoms with Crippen molar-refractivity contribution in [2.24, 2.45) is 5.92 Å². The Morgan fingerprint density at radius 1 is 1.06 bits per heavy atom. The van der Waals surface area contributed by atoms with E-state index in [1.807, 2.05) is 0 Å². The molecule has 0 spiro atoms. The first kappa shape index (κ1) is 12.4. The minimum Gasteiger partial charge on any atom is -0.316 e. The van der Waals surface area contributed by atoms with Crippen molar-refractivity contribution in [1.82, 2.24) is 10.2 Å². The van der Waals surface area contributed by atoms with Crippen LogP contribution in [0.15, 0.2) is 0 Å². The van der Waals surface area contributed by atoms with Crippen molar-refractivity contribution in [1.29, 1.82) is 0 Å². The third kappa shape index (κ3) is 2.43. The van der Waals surface area contributed by atoms with E-state index in [2.05, 4.69) is 31.1 Å². The zero-order valence-corrected chi connectivity index (χ0v) is 11.2. The third-order valence-electron chi connectivity index (χ3n) is 4.99. The van der Waals surface area contributed by atoms with Crippen molar-refractivity contribution in [3.8, 4) is 0 Å². The lowest BCUT2D eigenvalue weighted by molar-refractivity contribution is 0.0217. The zero-order valence-electron chi connectivity index (χ0n) is 11.2. The van der Waals surface area contributed by atoms with E-state index in [9.17, 15) is 0 Å². The number of likely N-dealkylation sites (tertiary alicyclic amines) is 1. The molecule has 0 bridgehead atoms. The summed E-state index contributed by atoms with van der Waals surface area (Å²) in [4.78, 5) is 2.80. The van der Waals surface area contributed by atoms with Crippen LogP contribution in [0.2, 0.25) is 0 Å². The van der Waals surface area contributed by atoms with Crippen LogP contribution in [0.25, 0.3) is 0 Å². The molecule has 16 heavy (non-hydrogen) atoms. The number of fused-ring (bicyclic) bond motifs is 1. The first-order chi connectivity index (χ1) is 7.74. The number of rotatable bonds is 3. The summed E-state index contributed by atoms with van der Waals surface area (Å²) in [6, 6.07) is 2.20. The van der Waals surface area contributed by atoms with Gasteiger partial charge in [0.05, 0.1) is 0 Å². The Balaban J connectivity index is 2.01.